The predicted octanol–water partition coefficient (Wildman–Crippen LogP) is 6.68. The molecule has 0 atom stereocenters. The van der Waals surface area contributed by atoms with Crippen molar-refractivity contribution in [3.63, 3.8) is 0 Å². The molecule has 3 rings (SSSR count). The van der Waals surface area contributed by atoms with Crippen molar-refractivity contribution in [2.75, 3.05) is 13.7 Å². The van der Waals surface area contributed by atoms with E-state index in [0.717, 1.165) is 31.4 Å². The van der Waals surface area contributed by atoms with E-state index < -0.39 is 0 Å². The standard InChI is InChI=1S/C27H34O3/c1-21-9-7-12-23(19-21)26-13-6-4-3-5-11-24(26)20-30-25-17-15-22(16-18-25)10-8-14-27(28)29-2/h7,9,12,15-19H,3-6,8,10-11,13-14,20H2,1-2H3. The molecule has 0 amide bonds. The number of benzene rings is 2. The molecule has 0 aromatic heterocycles. The highest BCUT2D eigenvalue weighted by Crippen LogP contribution is 2.31. The number of hydrogen-bond donors (Lipinski definition) is 0. The van der Waals surface area contributed by atoms with Gasteiger partial charge < -0.3 is 9.47 Å². The molecule has 0 fully saturated rings. The first kappa shape index (κ1) is 22.1. The van der Waals surface area contributed by atoms with E-state index in [1.807, 2.05) is 12.1 Å². The molecule has 160 valence electrons. The van der Waals surface area contributed by atoms with Crippen molar-refractivity contribution in [2.45, 2.75) is 64.7 Å². The highest BCUT2D eigenvalue weighted by atomic mass is 16.5. The van der Waals surface area contributed by atoms with Crippen LogP contribution in [0.5, 0.6) is 5.75 Å². The van der Waals surface area contributed by atoms with Crippen molar-refractivity contribution in [1.29, 1.82) is 0 Å². The maximum absolute atomic E-state index is 11.2. The zero-order chi connectivity index (χ0) is 21.2. The van der Waals surface area contributed by atoms with Crippen LogP contribution in [0.4, 0.5) is 0 Å². The second-order valence-corrected chi connectivity index (χ2v) is 8.23. The minimum atomic E-state index is -0.146. The summed E-state index contributed by atoms with van der Waals surface area (Å²) in [4.78, 5) is 11.2. The molecule has 1 aliphatic carbocycles. The van der Waals surface area contributed by atoms with Gasteiger partial charge in [-0.2, -0.15) is 0 Å². The lowest BCUT2D eigenvalue weighted by Crippen LogP contribution is -2.07. The van der Waals surface area contributed by atoms with Crippen LogP contribution in [0.3, 0.4) is 0 Å². The SMILES string of the molecule is COC(=O)CCCc1ccc(OCC2=C(c3cccc(C)c3)CCCCCC2)cc1. The number of allylic oxidation sites excluding steroid dienone is 1. The Morgan fingerprint density at radius 2 is 1.73 bits per heavy atom. The lowest BCUT2D eigenvalue weighted by Gasteiger charge is -2.20. The Bertz CT molecular complexity index is 849. The van der Waals surface area contributed by atoms with Crippen LogP contribution < -0.4 is 4.74 Å². The molecule has 0 saturated carbocycles. The number of aryl methyl sites for hydroxylation is 2. The van der Waals surface area contributed by atoms with E-state index >= 15 is 0 Å². The van der Waals surface area contributed by atoms with E-state index in [0.29, 0.717) is 13.0 Å². The van der Waals surface area contributed by atoms with E-state index in [4.69, 9.17) is 9.47 Å². The number of carbonyl (C=O) groups is 1. The number of hydrogen-bond acceptors (Lipinski definition) is 3. The summed E-state index contributed by atoms with van der Waals surface area (Å²) in [7, 11) is 1.43. The summed E-state index contributed by atoms with van der Waals surface area (Å²) in [6, 6.07) is 17.2. The molecule has 0 heterocycles. The third-order valence-electron chi connectivity index (χ3n) is 5.86. The molecule has 2 aromatic rings. The molecule has 30 heavy (non-hydrogen) atoms. The fraction of sp³-hybridized carbons (Fsp3) is 0.444. The van der Waals surface area contributed by atoms with Gasteiger partial charge in [0, 0.05) is 6.42 Å². The van der Waals surface area contributed by atoms with Gasteiger partial charge in [-0.25, -0.2) is 0 Å². The van der Waals surface area contributed by atoms with Crippen LogP contribution >= 0.6 is 0 Å². The minimum absolute atomic E-state index is 0.146. The first-order valence-electron chi connectivity index (χ1n) is 11.2. The van der Waals surface area contributed by atoms with Crippen LogP contribution in [0.25, 0.3) is 5.57 Å². The quantitative estimate of drug-likeness (QED) is 0.459. The molecule has 0 spiro atoms. The van der Waals surface area contributed by atoms with Gasteiger partial charge in [-0.05, 0) is 79.9 Å². The van der Waals surface area contributed by atoms with Crippen molar-refractivity contribution in [3.8, 4) is 5.75 Å². The Morgan fingerprint density at radius 3 is 2.47 bits per heavy atom. The van der Waals surface area contributed by atoms with Crippen LogP contribution in [0.15, 0.2) is 54.1 Å². The van der Waals surface area contributed by atoms with E-state index in [-0.39, 0.29) is 5.97 Å². The Kier molecular flexibility index (Phi) is 8.55. The van der Waals surface area contributed by atoms with Crippen molar-refractivity contribution in [3.05, 3.63) is 70.8 Å². The van der Waals surface area contributed by atoms with Gasteiger partial charge >= 0.3 is 5.97 Å². The summed E-state index contributed by atoms with van der Waals surface area (Å²) in [5.74, 6) is 0.761. The first-order chi connectivity index (χ1) is 14.7. The highest BCUT2D eigenvalue weighted by Gasteiger charge is 2.13. The molecule has 3 heteroatoms. The van der Waals surface area contributed by atoms with Crippen molar-refractivity contribution >= 4 is 11.5 Å². The van der Waals surface area contributed by atoms with Crippen LogP contribution in [0.2, 0.25) is 0 Å². The molecule has 3 nitrogen and oxygen atoms in total. The Hall–Kier alpha value is -2.55. The third-order valence-corrected chi connectivity index (χ3v) is 5.86. The predicted molar refractivity (Wildman–Crippen MR) is 123 cm³/mol. The highest BCUT2D eigenvalue weighted by molar-refractivity contribution is 5.70. The van der Waals surface area contributed by atoms with Crippen LogP contribution in [0, 0.1) is 6.92 Å². The number of esters is 1. The van der Waals surface area contributed by atoms with E-state index in [1.165, 1.54) is 60.6 Å². The lowest BCUT2D eigenvalue weighted by molar-refractivity contribution is -0.140. The minimum Gasteiger partial charge on any atom is -0.489 e. The average Bonchev–Trinajstić information content (AvgIpc) is 2.74. The molecule has 0 radical (unpaired) electrons. The van der Waals surface area contributed by atoms with Gasteiger partial charge in [0.2, 0.25) is 0 Å². The summed E-state index contributed by atoms with van der Waals surface area (Å²) >= 11 is 0. The van der Waals surface area contributed by atoms with E-state index in [1.54, 1.807) is 0 Å². The molecular weight excluding hydrogens is 372 g/mol. The Morgan fingerprint density at radius 1 is 0.967 bits per heavy atom. The van der Waals surface area contributed by atoms with Gasteiger partial charge in [0.25, 0.3) is 0 Å². The van der Waals surface area contributed by atoms with Gasteiger partial charge in [-0.1, -0.05) is 54.8 Å². The Labute approximate surface area is 181 Å². The fourth-order valence-corrected chi connectivity index (χ4v) is 4.12. The molecule has 0 N–H and O–H groups in total. The van der Waals surface area contributed by atoms with Gasteiger partial charge in [0.15, 0.2) is 0 Å². The maximum atomic E-state index is 11.2. The zero-order valence-corrected chi connectivity index (χ0v) is 18.4. The van der Waals surface area contributed by atoms with Crippen molar-refractivity contribution < 1.29 is 14.3 Å². The molecule has 2 aromatic carbocycles. The maximum Gasteiger partial charge on any atom is 0.305 e. The summed E-state index contributed by atoms with van der Waals surface area (Å²) in [5, 5.41) is 0. The summed E-state index contributed by atoms with van der Waals surface area (Å²) < 4.78 is 10.9. The summed E-state index contributed by atoms with van der Waals surface area (Å²) in [5.41, 5.74) is 6.82. The average molecular weight is 407 g/mol. The Balaban J connectivity index is 1.65. The second kappa shape index (κ2) is 11.6. The third kappa shape index (κ3) is 6.76. The normalized spacial score (nSPS) is 14.7. The zero-order valence-electron chi connectivity index (χ0n) is 18.4. The largest absolute Gasteiger partial charge is 0.489 e. The van der Waals surface area contributed by atoms with E-state index in [9.17, 15) is 4.79 Å². The second-order valence-electron chi connectivity index (χ2n) is 8.23. The molecule has 0 bridgehead atoms. The number of ether oxygens (including phenoxy) is 2. The first-order valence-corrected chi connectivity index (χ1v) is 11.2. The molecule has 1 aliphatic rings. The smallest absolute Gasteiger partial charge is 0.305 e. The summed E-state index contributed by atoms with van der Waals surface area (Å²) in [6.07, 6.45) is 9.53. The summed E-state index contributed by atoms with van der Waals surface area (Å²) in [6.45, 7) is 2.82. The number of rotatable bonds is 8. The van der Waals surface area contributed by atoms with Gasteiger partial charge in [-0.3, -0.25) is 4.79 Å². The number of carbonyl (C=O) groups excluding carboxylic acids is 1. The fourth-order valence-electron chi connectivity index (χ4n) is 4.12. The molecule has 0 saturated heterocycles. The lowest BCUT2D eigenvalue weighted by atomic mass is 9.89. The van der Waals surface area contributed by atoms with Crippen LogP contribution in [0.1, 0.15) is 68.1 Å². The van der Waals surface area contributed by atoms with E-state index in [2.05, 4.69) is 43.3 Å². The van der Waals surface area contributed by atoms with Gasteiger partial charge in [-0.15, -0.1) is 0 Å². The topological polar surface area (TPSA) is 35.5 Å². The van der Waals surface area contributed by atoms with Gasteiger partial charge in [0.1, 0.15) is 12.4 Å². The van der Waals surface area contributed by atoms with Crippen LogP contribution in [-0.4, -0.2) is 19.7 Å². The molecule has 0 aliphatic heterocycles. The van der Waals surface area contributed by atoms with Gasteiger partial charge in [0.05, 0.1) is 7.11 Å². The number of methoxy groups -OCH3 is 1. The molecular formula is C27H34O3. The monoisotopic (exact) mass is 406 g/mol. The molecule has 0 unspecified atom stereocenters. The van der Waals surface area contributed by atoms with Crippen molar-refractivity contribution in [1.82, 2.24) is 0 Å². The van der Waals surface area contributed by atoms with Crippen LogP contribution in [-0.2, 0) is 16.0 Å². The van der Waals surface area contributed by atoms with Crippen molar-refractivity contribution in [2.24, 2.45) is 0 Å².